The highest BCUT2D eigenvalue weighted by Crippen LogP contribution is 2.66. The van der Waals surface area contributed by atoms with Crippen LogP contribution in [0.1, 0.15) is 46.5 Å². The second-order valence-corrected chi connectivity index (χ2v) is 5.10. The molecule has 0 amide bonds. The number of esters is 1. The van der Waals surface area contributed by atoms with Crippen molar-refractivity contribution in [2.24, 2.45) is 10.8 Å². The molecule has 1 rings (SSSR count). The summed E-state index contributed by atoms with van der Waals surface area (Å²) in [5, 5.41) is 0. The normalized spacial score (nSPS) is 28.0. The van der Waals surface area contributed by atoms with E-state index in [9.17, 15) is 4.79 Å². The van der Waals surface area contributed by atoms with Crippen molar-refractivity contribution < 1.29 is 9.53 Å². The summed E-state index contributed by atoms with van der Waals surface area (Å²) in [6, 6.07) is 0. The van der Waals surface area contributed by atoms with Gasteiger partial charge in [-0.1, -0.05) is 26.0 Å². The highest BCUT2D eigenvalue weighted by Gasteiger charge is 2.66. The van der Waals surface area contributed by atoms with E-state index in [0.29, 0.717) is 0 Å². The monoisotopic (exact) mass is 210 g/mol. The lowest BCUT2D eigenvalue weighted by molar-refractivity contribution is -0.148. The van der Waals surface area contributed by atoms with Gasteiger partial charge in [-0.2, -0.15) is 0 Å². The Morgan fingerprint density at radius 2 is 2.07 bits per heavy atom. The van der Waals surface area contributed by atoms with Crippen molar-refractivity contribution in [3.8, 4) is 0 Å². The summed E-state index contributed by atoms with van der Waals surface area (Å²) in [6.45, 7) is 6.33. The van der Waals surface area contributed by atoms with E-state index in [4.69, 9.17) is 4.74 Å². The molecule has 2 heteroatoms. The third-order valence-electron chi connectivity index (χ3n) is 3.70. The van der Waals surface area contributed by atoms with E-state index in [1.807, 2.05) is 6.92 Å². The van der Waals surface area contributed by atoms with Crippen molar-refractivity contribution in [3.05, 3.63) is 12.2 Å². The summed E-state index contributed by atoms with van der Waals surface area (Å²) in [4.78, 5) is 11.7. The second-order valence-electron chi connectivity index (χ2n) is 5.10. The number of unbranched alkanes of at least 4 members (excludes halogenated alkanes) is 1. The zero-order chi connectivity index (χ0) is 11.5. The fourth-order valence-electron chi connectivity index (χ4n) is 2.47. The Balaban J connectivity index is 2.51. The first-order chi connectivity index (χ1) is 7.00. The van der Waals surface area contributed by atoms with Gasteiger partial charge >= 0.3 is 5.97 Å². The van der Waals surface area contributed by atoms with Gasteiger partial charge in [0.2, 0.25) is 0 Å². The number of rotatable bonds is 5. The van der Waals surface area contributed by atoms with Crippen LogP contribution in [0.4, 0.5) is 0 Å². The molecule has 86 valence electrons. The molecule has 0 bridgehead atoms. The molecular formula is C13H22O2. The molecule has 0 aromatic rings. The highest BCUT2D eigenvalue weighted by molar-refractivity contribution is 5.81. The van der Waals surface area contributed by atoms with E-state index in [1.165, 1.54) is 7.11 Å². The number of carbonyl (C=O) groups is 1. The van der Waals surface area contributed by atoms with Crippen molar-refractivity contribution in [3.63, 3.8) is 0 Å². The summed E-state index contributed by atoms with van der Waals surface area (Å²) in [7, 11) is 1.49. The van der Waals surface area contributed by atoms with Crippen molar-refractivity contribution in [1.29, 1.82) is 0 Å². The van der Waals surface area contributed by atoms with Gasteiger partial charge in [-0.05, 0) is 38.0 Å². The number of methoxy groups -OCH3 is 1. The Kier molecular flexibility index (Phi) is 3.58. The quantitative estimate of drug-likeness (QED) is 0.395. The number of hydrogen-bond acceptors (Lipinski definition) is 2. The molecule has 0 aromatic heterocycles. The lowest BCUT2D eigenvalue weighted by Gasteiger charge is -2.17. The largest absolute Gasteiger partial charge is 0.469 e. The van der Waals surface area contributed by atoms with Gasteiger partial charge in [0.05, 0.1) is 12.5 Å². The van der Waals surface area contributed by atoms with E-state index >= 15 is 0 Å². The van der Waals surface area contributed by atoms with E-state index in [-0.39, 0.29) is 16.8 Å². The van der Waals surface area contributed by atoms with Crippen LogP contribution in [0.5, 0.6) is 0 Å². The summed E-state index contributed by atoms with van der Waals surface area (Å²) < 4.78 is 4.91. The predicted octanol–water partition coefficient (Wildman–Crippen LogP) is 3.32. The third-order valence-corrected chi connectivity index (χ3v) is 3.70. The van der Waals surface area contributed by atoms with Crippen LogP contribution in [-0.4, -0.2) is 13.1 Å². The van der Waals surface area contributed by atoms with Crippen LogP contribution in [0.3, 0.4) is 0 Å². The molecule has 1 saturated carbocycles. The summed E-state index contributed by atoms with van der Waals surface area (Å²) in [6.07, 6.45) is 8.27. The standard InChI is InChI=1S/C13H22O2/c1-5-6-7-8-9-13(11(14)15-4)10-12(13,2)3/h5-6H,7-10H2,1-4H3. The molecule has 1 unspecified atom stereocenters. The second kappa shape index (κ2) is 4.38. The number of carbonyl (C=O) groups excluding carboxylic acids is 1. The van der Waals surface area contributed by atoms with Gasteiger partial charge in [0.15, 0.2) is 0 Å². The fraction of sp³-hybridized carbons (Fsp3) is 0.769. The van der Waals surface area contributed by atoms with Crippen LogP contribution in [0.25, 0.3) is 0 Å². The molecule has 0 aliphatic heterocycles. The Morgan fingerprint density at radius 1 is 1.47 bits per heavy atom. The molecule has 0 aromatic carbocycles. The summed E-state index contributed by atoms with van der Waals surface area (Å²) in [5.74, 6) is -0.0204. The Bertz CT molecular complexity index is 266. The Labute approximate surface area is 92.7 Å². The first-order valence-corrected chi connectivity index (χ1v) is 5.70. The van der Waals surface area contributed by atoms with Gasteiger partial charge in [-0.15, -0.1) is 0 Å². The molecule has 0 radical (unpaired) electrons. The van der Waals surface area contributed by atoms with E-state index < -0.39 is 0 Å². The zero-order valence-electron chi connectivity index (χ0n) is 10.3. The Hall–Kier alpha value is -0.790. The van der Waals surface area contributed by atoms with Gasteiger partial charge < -0.3 is 4.74 Å². The average molecular weight is 210 g/mol. The molecule has 1 fully saturated rings. The van der Waals surface area contributed by atoms with E-state index in [0.717, 1.165) is 25.7 Å². The fourth-order valence-corrected chi connectivity index (χ4v) is 2.47. The SMILES string of the molecule is CC=CCCCC1(C(=O)OC)CC1(C)C. The van der Waals surface area contributed by atoms with E-state index in [2.05, 4.69) is 26.0 Å². The molecule has 15 heavy (non-hydrogen) atoms. The molecule has 1 atom stereocenters. The molecule has 0 saturated heterocycles. The first-order valence-electron chi connectivity index (χ1n) is 5.70. The van der Waals surface area contributed by atoms with Crippen LogP contribution in [0.2, 0.25) is 0 Å². The maximum absolute atomic E-state index is 11.7. The van der Waals surface area contributed by atoms with Crippen LogP contribution in [-0.2, 0) is 9.53 Å². The smallest absolute Gasteiger partial charge is 0.312 e. The summed E-state index contributed by atoms with van der Waals surface area (Å²) in [5.41, 5.74) is -0.0562. The van der Waals surface area contributed by atoms with Gasteiger partial charge in [-0.25, -0.2) is 0 Å². The molecule has 0 spiro atoms. The van der Waals surface area contributed by atoms with Gasteiger partial charge in [0, 0.05) is 0 Å². The maximum Gasteiger partial charge on any atom is 0.312 e. The maximum atomic E-state index is 11.7. The lowest BCUT2D eigenvalue weighted by atomic mass is 9.90. The van der Waals surface area contributed by atoms with Crippen LogP contribution in [0, 0.1) is 10.8 Å². The Morgan fingerprint density at radius 3 is 2.47 bits per heavy atom. The van der Waals surface area contributed by atoms with Crippen molar-refractivity contribution in [1.82, 2.24) is 0 Å². The number of allylic oxidation sites excluding steroid dienone is 2. The minimum atomic E-state index is -0.191. The van der Waals surface area contributed by atoms with Crippen molar-refractivity contribution >= 4 is 5.97 Å². The minimum absolute atomic E-state index is 0.0204. The highest BCUT2D eigenvalue weighted by atomic mass is 16.5. The van der Waals surface area contributed by atoms with E-state index in [1.54, 1.807) is 0 Å². The molecule has 1 aliphatic carbocycles. The average Bonchev–Trinajstić information content (AvgIpc) is 2.76. The number of ether oxygens (including phenoxy) is 1. The summed E-state index contributed by atoms with van der Waals surface area (Å²) >= 11 is 0. The van der Waals surface area contributed by atoms with Crippen LogP contribution in [0.15, 0.2) is 12.2 Å². The molecule has 1 aliphatic rings. The molecular weight excluding hydrogens is 188 g/mol. The lowest BCUT2D eigenvalue weighted by Crippen LogP contribution is -2.22. The van der Waals surface area contributed by atoms with Gasteiger partial charge in [0.25, 0.3) is 0 Å². The predicted molar refractivity (Wildman–Crippen MR) is 61.5 cm³/mol. The van der Waals surface area contributed by atoms with Crippen molar-refractivity contribution in [2.45, 2.75) is 46.5 Å². The number of hydrogen-bond donors (Lipinski definition) is 0. The van der Waals surface area contributed by atoms with Crippen molar-refractivity contribution in [2.75, 3.05) is 7.11 Å². The molecule has 0 N–H and O–H groups in total. The topological polar surface area (TPSA) is 26.3 Å². The third kappa shape index (κ3) is 2.24. The van der Waals surface area contributed by atoms with Gasteiger partial charge in [-0.3, -0.25) is 4.79 Å². The molecule has 0 heterocycles. The minimum Gasteiger partial charge on any atom is -0.469 e. The first kappa shape index (κ1) is 12.3. The van der Waals surface area contributed by atoms with Gasteiger partial charge in [0.1, 0.15) is 0 Å². The van der Waals surface area contributed by atoms with Crippen LogP contribution >= 0.6 is 0 Å². The molecule has 2 nitrogen and oxygen atoms in total. The zero-order valence-corrected chi connectivity index (χ0v) is 10.3. The van der Waals surface area contributed by atoms with Crippen LogP contribution < -0.4 is 0 Å².